The molecular weight excluding hydrogens is 346 g/mol. The summed E-state index contributed by atoms with van der Waals surface area (Å²) < 4.78 is 1.53. The second-order valence-electron chi connectivity index (χ2n) is 8.22. The smallest absolute Gasteiger partial charge is 0.407 e. The third-order valence-electron chi connectivity index (χ3n) is 6.41. The standard InChI is InChI=1S/C19H21N5O3/c1-18-8-23(9-19(18,2)11-24(10-18)17(26)27)14-6-15(25)22(3)13-5-4-12(7-20)21-16(13)14/h4-6H,8-11H2,1-3H3,(H,26,27)/t18-,19+. The van der Waals surface area contributed by atoms with Crippen molar-refractivity contribution >= 4 is 22.8 Å². The number of fused-ring (bicyclic) bond motifs is 2. The number of anilines is 1. The zero-order valence-electron chi connectivity index (χ0n) is 15.6. The zero-order chi connectivity index (χ0) is 19.6. The van der Waals surface area contributed by atoms with E-state index in [1.54, 1.807) is 25.2 Å². The number of likely N-dealkylation sites (tertiary alicyclic amines) is 1. The molecule has 27 heavy (non-hydrogen) atoms. The maximum Gasteiger partial charge on any atom is 0.407 e. The van der Waals surface area contributed by atoms with E-state index in [0.717, 1.165) is 0 Å². The molecule has 2 saturated heterocycles. The molecule has 0 aromatic carbocycles. The van der Waals surface area contributed by atoms with Crippen LogP contribution in [0.1, 0.15) is 19.5 Å². The fraction of sp³-hybridized carbons (Fsp3) is 0.474. The number of amides is 1. The van der Waals surface area contributed by atoms with Gasteiger partial charge in [-0.3, -0.25) is 4.79 Å². The van der Waals surface area contributed by atoms with Crippen molar-refractivity contribution in [1.82, 2.24) is 14.5 Å². The Morgan fingerprint density at radius 1 is 1.22 bits per heavy atom. The van der Waals surface area contributed by atoms with Crippen molar-refractivity contribution in [2.24, 2.45) is 17.9 Å². The van der Waals surface area contributed by atoms with Gasteiger partial charge in [-0.05, 0) is 12.1 Å². The molecule has 1 amide bonds. The molecular formula is C19H21N5O3. The number of hydrogen-bond donors (Lipinski definition) is 1. The van der Waals surface area contributed by atoms with E-state index in [-0.39, 0.29) is 16.4 Å². The summed E-state index contributed by atoms with van der Waals surface area (Å²) in [5, 5.41) is 18.6. The van der Waals surface area contributed by atoms with Gasteiger partial charge in [0.05, 0.1) is 11.2 Å². The Labute approximate surface area is 156 Å². The second kappa shape index (κ2) is 5.46. The van der Waals surface area contributed by atoms with Crippen molar-refractivity contribution in [1.29, 1.82) is 5.26 Å². The van der Waals surface area contributed by atoms with Crippen LogP contribution < -0.4 is 10.5 Å². The minimum absolute atomic E-state index is 0.136. The van der Waals surface area contributed by atoms with Gasteiger partial charge >= 0.3 is 6.09 Å². The molecule has 2 aromatic heterocycles. The fourth-order valence-electron chi connectivity index (χ4n) is 4.58. The first-order chi connectivity index (χ1) is 12.7. The number of aryl methyl sites for hydroxylation is 1. The Bertz CT molecular complexity index is 1050. The molecule has 2 aromatic rings. The Kier molecular flexibility index (Phi) is 3.51. The van der Waals surface area contributed by atoms with Gasteiger partial charge in [-0.1, -0.05) is 13.8 Å². The molecule has 1 N–H and O–H groups in total. The zero-order valence-corrected chi connectivity index (χ0v) is 15.6. The highest BCUT2D eigenvalue weighted by Gasteiger charge is 2.58. The van der Waals surface area contributed by atoms with Crippen molar-refractivity contribution in [2.45, 2.75) is 13.8 Å². The van der Waals surface area contributed by atoms with Gasteiger partial charge in [0, 0.05) is 50.1 Å². The number of pyridine rings is 2. The molecule has 0 bridgehead atoms. The number of carboxylic acid groups (broad SMARTS) is 1. The van der Waals surface area contributed by atoms with E-state index in [2.05, 4.69) is 29.8 Å². The summed E-state index contributed by atoms with van der Waals surface area (Å²) in [6.07, 6.45) is -0.891. The van der Waals surface area contributed by atoms with Gasteiger partial charge < -0.3 is 19.5 Å². The number of nitrogens with zero attached hydrogens (tertiary/aromatic N) is 5. The minimum atomic E-state index is -0.891. The SMILES string of the molecule is Cn1c(=O)cc(N2C[C@]3(C)CN(C(=O)O)C[C@]3(C)C2)c2nc(C#N)ccc21. The van der Waals surface area contributed by atoms with E-state index in [1.165, 1.54) is 9.47 Å². The lowest BCUT2D eigenvalue weighted by Gasteiger charge is -2.29. The molecule has 2 fully saturated rings. The summed E-state index contributed by atoms with van der Waals surface area (Å²) in [6, 6.07) is 6.98. The maximum atomic E-state index is 12.5. The van der Waals surface area contributed by atoms with Crippen LogP contribution >= 0.6 is 0 Å². The quantitative estimate of drug-likeness (QED) is 0.822. The number of nitriles is 1. The Balaban J connectivity index is 1.81. The van der Waals surface area contributed by atoms with Crippen molar-refractivity contribution < 1.29 is 9.90 Å². The van der Waals surface area contributed by atoms with Crippen LogP contribution in [0.5, 0.6) is 0 Å². The van der Waals surface area contributed by atoms with Crippen LogP contribution in [-0.4, -0.2) is 51.8 Å². The summed E-state index contributed by atoms with van der Waals surface area (Å²) in [5.41, 5.74) is 1.75. The normalized spacial score (nSPS) is 27.0. The Hall–Kier alpha value is -3.08. The van der Waals surface area contributed by atoms with E-state index in [0.29, 0.717) is 48.6 Å². The highest BCUT2D eigenvalue weighted by atomic mass is 16.4. The summed E-state index contributed by atoms with van der Waals surface area (Å²) in [5.74, 6) is 0. The number of carbonyl (C=O) groups is 1. The van der Waals surface area contributed by atoms with Crippen LogP contribution in [0.4, 0.5) is 10.5 Å². The molecule has 8 nitrogen and oxygen atoms in total. The third kappa shape index (κ3) is 2.38. The lowest BCUT2D eigenvalue weighted by molar-refractivity contribution is 0.149. The Morgan fingerprint density at radius 2 is 1.85 bits per heavy atom. The molecule has 4 heterocycles. The first-order valence-electron chi connectivity index (χ1n) is 8.81. The van der Waals surface area contributed by atoms with Crippen LogP contribution in [0.3, 0.4) is 0 Å². The average molecular weight is 367 g/mol. The number of hydrogen-bond acceptors (Lipinski definition) is 5. The summed E-state index contributed by atoms with van der Waals surface area (Å²) >= 11 is 0. The monoisotopic (exact) mass is 367 g/mol. The second-order valence-corrected chi connectivity index (χ2v) is 8.22. The van der Waals surface area contributed by atoms with Gasteiger partial charge in [0.25, 0.3) is 5.56 Å². The van der Waals surface area contributed by atoms with Crippen molar-refractivity contribution in [3.8, 4) is 6.07 Å². The maximum absolute atomic E-state index is 12.5. The van der Waals surface area contributed by atoms with E-state index in [4.69, 9.17) is 0 Å². The number of rotatable bonds is 1. The van der Waals surface area contributed by atoms with Gasteiger partial charge in [-0.25, -0.2) is 9.78 Å². The lowest BCUT2D eigenvalue weighted by Crippen LogP contribution is -2.35. The highest BCUT2D eigenvalue weighted by Crippen LogP contribution is 2.52. The molecule has 0 aliphatic carbocycles. The Morgan fingerprint density at radius 3 is 2.41 bits per heavy atom. The van der Waals surface area contributed by atoms with Gasteiger partial charge in [-0.2, -0.15) is 5.26 Å². The largest absolute Gasteiger partial charge is 0.465 e. The molecule has 0 unspecified atom stereocenters. The van der Waals surface area contributed by atoms with Gasteiger partial charge in [0.15, 0.2) is 0 Å². The van der Waals surface area contributed by atoms with Crippen LogP contribution in [0.2, 0.25) is 0 Å². The average Bonchev–Trinajstić information content (AvgIpc) is 3.02. The van der Waals surface area contributed by atoms with Crippen LogP contribution in [0.25, 0.3) is 11.0 Å². The predicted molar refractivity (Wildman–Crippen MR) is 99.7 cm³/mol. The predicted octanol–water partition coefficient (Wildman–Crippen LogP) is 1.63. The molecule has 2 atom stereocenters. The minimum Gasteiger partial charge on any atom is -0.465 e. The van der Waals surface area contributed by atoms with Crippen molar-refractivity contribution in [2.75, 3.05) is 31.1 Å². The summed E-state index contributed by atoms with van der Waals surface area (Å²) in [6.45, 7) is 6.41. The molecule has 8 heteroatoms. The van der Waals surface area contributed by atoms with E-state index in [1.807, 2.05) is 0 Å². The number of aromatic nitrogens is 2. The van der Waals surface area contributed by atoms with E-state index >= 15 is 0 Å². The first kappa shape index (κ1) is 17.3. The molecule has 0 saturated carbocycles. The molecule has 0 radical (unpaired) electrons. The van der Waals surface area contributed by atoms with Crippen molar-refractivity contribution in [3.05, 3.63) is 34.2 Å². The topological polar surface area (TPSA) is 102 Å². The van der Waals surface area contributed by atoms with E-state index < -0.39 is 6.09 Å². The van der Waals surface area contributed by atoms with Crippen LogP contribution in [-0.2, 0) is 7.05 Å². The fourth-order valence-corrected chi connectivity index (χ4v) is 4.58. The lowest BCUT2D eigenvalue weighted by atomic mass is 9.71. The van der Waals surface area contributed by atoms with Gasteiger partial charge in [0.1, 0.15) is 17.3 Å². The van der Waals surface area contributed by atoms with E-state index in [9.17, 15) is 20.0 Å². The molecule has 4 rings (SSSR count). The van der Waals surface area contributed by atoms with Crippen LogP contribution in [0.15, 0.2) is 23.0 Å². The van der Waals surface area contributed by atoms with Gasteiger partial charge in [0.2, 0.25) is 0 Å². The van der Waals surface area contributed by atoms with Crippen LogP contribution in [0, 0.1) is 22.2 Å². The highest BCUT2D eigenvalue weighted by molar-refractivity contribution is 5.89. The summed E-state index contributed by atoms with van der Waals surface area (Å²) in [7, 11) is 1.69. The first-order valence-corrected chi connectivity index (χ1v) is 8.81. The molecule has 2 aliphatic heterocycles. The molecule has 2 aliphatic rings. The van der Waals surface area contributed by atoms with Gasteiger partial charge in [-0.15, -0.1) is 0 Å². The third-order valence-corrected chi connectivity index (χ3v) is 6.41. The van der Waals surface area contributed by atoms with Crippen molar-refractivity contribution in [3.63, 3.8) is 0 Å². The molecule has 140 valence electrons. The molecule has 0 spiro atoms. The summed E-state index contributed by atoms with van der Waals surface area (Å²) in [4.78, 5) is 31.9.